The van der Waals surface area contributed by atoms with Crippen molar-refractivity contribution in [3.8, 4) is 0 Å². The highest BCUT2D eigenvalue weighted by Gasteiger charge is 2.48. The van der Waals surface area contributed by atoms with Crippen molar-refractivity contribution in [3.63, 3.8) is 0 Å². The third-order valence-corrected chi connectivity index (χ3v) is 6.43. The Morgan fingerprint density at radius 3 is 2.23 bits per heavy atom. The highest BCUT2D eigenvalue weighted by Crippen LogP contribution is 2.42. The van der Waals surface area contributed by atoms with Gasteiger partial charge in [-0.1, -0.05) is 0 Å². The molecule has 0 unspecified atom stereocenters. The SMILES string of the molecule is Cc1cc(CN2CCC3(CC2)C[C@H](CN2CCC(F)(F)CC2)O3)oc1C. The van der Waals surface area contributed by atoms with E-state index in [9.17, 15) is 8.78 Å². The predicted octanol–water partition coefficient (Wildman–Crippen LogP) is 3.75. The molecule has 3 aliphatic rings. The molecule has 0 saturated carbocycles. The quantitative estimate of drug-likeness (QED) is 0.809. The first-order chi connectivity index (χ1) is 12.3. The molecule has 1 aromatic heterocycles. The fourth-order valence-corrected chi connectivity index (χ4v) is 4.60. The molecule has 4 rings (SSSR count). The molecule has 0 radical (unpaired) electrons. The van der Waals surface area contributed by atoms with Crippen LogP contribution in [0.4, 0.5) is 8.78 Å². The van der Waals surface area contributed by atoms with Crippen molar-refractivity contribution in [1.29, 1.82) is 0 Å². The van der Waals surface area contributed by atoms with Crippen molar-refractivity contribution < 1.29 is 17.9 Å². The summed E-state index contributed by atoms with van der Waals surface area (Å²) < 4.78 is 38.5. The average molecular weight is 368 g/mol. The molecule has 0 bridgehead atoms. The number of ether oxygens (including phenoxy) is 1. The van der Waals surface area contributed by atoms with Crippen molar-refractivity contribution in [2.24, 2.45) is 0 Å². The molecular weight excluding hydrogens is 338 g/mol. The smallest absolute Gasteiger partial charge is 0.250 e. The second kappa shape index (κ2) is 6.88. The standard InChI is InChI=1S/C20H30F2N2O2/c1-15-11-17(25-16(15)2)13-23-7-3-19(4-8-23)12-18(26-19)14-24-9-5-20(21,22)6-10-24/h11,18H,3-10,12-14H2,1-2H3/t18-/m1/s1. The fourth-order valence-electron chi connectivity index (χ4n) is 4.60. The predicted molar refractivity (Wildman–Crippen MR) is 95.5 cm³/mol. The largest absolute Gasteiger partial charge is 0.465 e. The van der Waals surface area contributed by atoms with E-state index >= 15 is 0 Å². The minimum atomic E-state index is -2.46. The van der Waals surface area contributed by atoms with Crippen molar-refractivity contribution >= 4 is 0 Å². The summed E-state index contributed by atoms with van der Waals surface area (Å²) in [6.07, 6.45) is 3.40. The zero-order valence-corrected chi connectivity index (χ0v) is 15.9. The number of halogens is 2. The van der Waals surface area contributed by atoms with E-state index in [1.165, 1.54) is 5.56 Å². The number of nitrogens with zero attached hydrogens (tertiary/aromatic N) is 2. The average Bonchev–Trinajstić information content (AvgIpc) is 2.87. The van der Waals surface area contributed by atoms with Crippen LogP contribution in [0.5, 0.6) is 0 Å². The first kappa shape index (κ1) is 18.4. The van der Waals surface area contributed by atoms with Crippen LogP contribution in [0.3, 0.4) is 0 Å². The summed E-state index contributed by atoms with van der Waals surface area (Å²) in [5, 5.41) is 0. The molecule has 0 amide bonds. The van der Waals surface area contributed by atoms with Crippen molar-refractivity contribution in [2.45, 2.75) is 70.1 Å². The lowest BCUT2D eigenvalue weighted by Crippen LogP contribution is -2.59. The van der Waals surface area contributed by atoms with Crippen LogP contribution in [0.2, 0.25) is 0 Å². The molecular formula is C20H30F2N2O2. The van der Waals surface area contributed by atoms with E-state index in [2.05, 4.69) is 22.8 Å². The van der Waals surface area contributed by atoms with E-state index in [1.54, 1.807) is 0 Å². The summed E-state index contributed by atoms with van der Waals surface area (Å²) in [5.41, 5.74) is 1.25. The maximum absolute atomic E-state index is 13.2. The summed E-state index contributed by atoms with van der Waals surface area (Å²) in [6, 6.07) is 2.14. The summed E-state index contributed by atoms with van der Waals surface area (Å²) in [6.45, 7) is 8.83. The van der Waals surface area contributed by atoms with Crippen LogP contribution in [-0.4, -0.2) is 60.2 Å². The molecule has 3 saturated heterocycles. The normalized spacial score (nSPS) is 29.0. The Kier molecular flexibility index (Phi) is 4.86. The van der Waals surface area contributed by atoms with E-state index in [-0.39, 0.29) is 24.5 Å². The number of alkyl halides is 2. The Morgan fingerprint density at radius 1 is 1.04 bits per heavy atom. The molecule has 4 heterocycles. The van der Waals surface area contributed by atoms with Gasteiger partial charge in [-0.2, -0.15) is 0 Å². The molecule has 0 N–H and O–H groups in total. The van der Waals surface area contributed by atoms with Crippen LogP contribution < -0.4 is 0 Å². The number of furan rings is 1. The van der Waals surface area contributed by atoms with Crippen LogP contribution in [0.25, 0.3) is 0 Å². The topological polar surface area (TPSA) is 28.9 Å². The number of rotatable bonds is 4. The van der Waals surface area contributed by atoms with E-state index in [1.807, 2.05) is 6.92 Å². The van der Waals surface area contributed by atoms with Crippen molar-refractivity contribution in [1.82, 2.24) is 9.80 Å². The third-order valence-electron chi connectivity index (χ3n) is 6.43. The lowest BCUT2D eigenvalue weighted by molar-refractivity contribution is -0.232. The highest BCUT2D eigenvalue weighted by molar-refractivity contribution is 5.18. The van der Waals surface area contributed by atoms with Gasteiger partial charge < -0.3 is 14.1 Å². The Bertz CT molecular complexity index is 600. The number of likely N-dealkylation sites (tertiary alicyclic amines) is 2. The second-order valence-corrected chi connectivity index (χ2v) is 8.51. The van der Waals surface area contributed by atoms with Gasteiger partial charge in [0.1, 0.15) is 11.5 Å². The zero-order valence-electron chi connectivity index (χ0n) is 15.9. The molecule has 0 aromatic carbocycles. The fraction of sp³-hybridized carbons (Fsp3) is 0.800. The molecule has 3 aliphatic heterocycles. The van der Waals surface area contributed by atoms with Gasteiger partial charge in [0.05, 0.1) is 18.2 Å². The molecule has 0 aliphatic carbocycles. The number of piperidine rings is 2. The molecule has 6 heteroatoms. The molecule has 146 valence electrons. The molecule has 1 aromatic rings. The third kappa shape index (κ3) is 3.97. The van der Waals surface area contributed by atoms with Crippen molar-refractivity contribution in [2.75, 3.05) is 32.7 Å². The number of hydrogen-bond donors (Lipinski definition) is 0. The van der Waals surface area contributed by atoms with E-state index in [0.717, 1.165) is 57.0 Å². The summed E-state index contributed by atoms with van der Waals surface area (Å²) in [7, 11) is 0. The van der Waals surface area contributed by atoms with Gasteiger partial charge in [0.2, 0.25) is 0 Å². The second-order valence-electron chi connectivity index (χ2n) is 8.51. The number of aryl methyl sites for hydroxylation is 2. The molecule has 1 spiro atoms. The van der Waals surface area contributed by atoms with Gasteiger partial charge in [0.15, 0.2) is 0 Å². The Morgan fingerprint density at radius 2 is 1.65 bits per heavy atom. The van der Waals surface area contributed by atoms with E-state index < -0.39 is 5.92 Å². The van der Waals surface area contributed by atoms with Crippen LogP contribution >= 0.6 is 0 Å². The minimum Gasteiger partial charge on any atom is -0.465 e. The van der Waals surface area contributed by atoms with Crippen LogP contribution in [0, 0.1) is 13.8 Å². The Labute approximate surface area is 154 Å². The summed E-state index contributed by atoms with van der Waals surface area (Å²) in [5.74, 6) is -0.407. The molecule has 3 fully saturated rings. The monoisotopic (exact) mass is 368 g/mol. The summed E-state index contributed by atoms with van der Waals surface area (Å²) in [4.78, 5) is 4.58. The van der Waals surface area contributed by atoms with Gasteiger partial charge in [-0.05, 0) is 38.3 Å². The van der Waals surface area contributed by atoms with Gasteiger partial charge >= 0.3 is 0 Å². The number of hydrogen-bond acceptors (Lipinski definition) is 4. The van der Waals surface area contributed by atoms with Crippen LogP contribution in [-0.2, 0) is 11.3 Å². The van der Waals surface area contributed by atoms with Crippen LogP contribution in [0.15, 0.2) is 10.5 Å². The lowest BCUT2D eigenvalue weighted by atomic mass is 9.80. The first-order valence-electron chi connectivity index (χ1n) is 9.89. The van der Waals surface area contributed by atoms with Crippen LogP contribution in [0.1, 0.15) is 49.2 Å². The Hall–Kier alpha value is -0.980. The summed E-state index contributed by atoms with van der Waals surface area (Å²) >= 11 is 0. The van der Waals surface area contributed by atoms with Gasteiger partial charge in [-0.3, -0.25) is 4.90 Å². The van der Waals surface area contributed by atoms with Gasteiger partial charge in [0, 0.05) is 52.0 Å². The highest BCUT2D eigenvalue weighted by atomic mass is 19.3. The molecule has 1 atom stereocenters. The van der Waals surface area contributed by atoms with E-state index in [4.69, 9.17) is 9.15 Å². The van der Waals surface area contributed by atoms with Gasteiger partial charge in [-0.25, -0.2) is 8.78 Å². The van der Waals surface area contributed by atoms with Gasteiger partial charge in [-0.15, -0.1) is 0 Å². The first-order valence-corrected chi connectivity index (χ1v) is 9.89. The van der Waals surface area contributed by atoms with Crippen molar-refractivity contribution in [3.05, 3.63) is 23.2 Å². The molecule has 4 nitrogen and oxygen atoms in total. The van der Waals surface area contributed by atoms with E-state index in [0.29, 0.717) is 13.1 Å². The minimum absolute atomic E-state index is 0.00838. The molecule has 26 heavy (non-hydrogen) atoms. The zero-order chi connectivity index (χ0) is 18.4. The Balaban J connectivity index is 1.19. The lowest BCUT2D eigenvalue weighted by Gasteiger charge is -2.53. The maximum atomic E-state index is 13.2. The maximum Gasteiger partial charge on any atom is 0.250 e. The van der Waals surface area contributed by atoms with Gasteiger partial charge in [0.25, 0.3) is 5.92 Å².